The second-order valence-electron chi connectivity index (χ2n) is 6.08. The molecule has 0 spiro atoms. The Morgan fingerprint density at radius 1 is 1.17 bits per heavy atom. The Labute approximate surface area is 142 Å². The molecule has 0 bridgehead atoms. The second kappa shape index (κ2) is 5.96. The van der Waals surface area contributed by atoms with E-state index in [2.05, 4.69) is 50.1 Å². The third kappa shape index (κ3) is 2.52. The quantitative estimate of drug-likeness (QED) is 0.639. The largest absolute Gasteiger partial charge is 0.496 e. The van der Waals surface area contributed by atoms with E-state index in [0.717, 1.165) is 47.3 Å². The smallest absolute Gasteiger partial charge is 0.127 e. The Morgan fingerprint density at radius 2 is 1.87 bits per heavy atom. The number of terminal acetylenes is 1. The van der Waals surface area contributed by atoms with E-state index < -0.39 is 4.75 Å². The van der Waals surface area contributed by atoms with Crippen LogP contribution in [0.15, 0.2) is 30.3 Å². The van der Waals surface area contributed by atoms with Gasteiger partial charge in [0, 0.05) is 12.0 Å². The fourth-order valence-electron chi connectivity index (χ4n) is 3.53. The van der Waals surface area contributed by atoms with E-state index in [-0.39, 0.29) is 0 Å². The molecule has 23 heavy (non-hydrogen) atoms. The molecule has 0 fully saturated rings. The third-order valence-electron chi connectivity index (χ3n) is 4.67. The van der Waals surface area contributed by atoms with Gasteiger partial charge in [0.15, 0.2) is 0 Å². The molecule has 1 aliphatic carbocycles. The highest BCUT2D eigenvalue weighted by atomic mass is 32.2. The predicted molar refractivity (Wildman–Crippen MR) is 97.0 cm³/mol. The van der Waals surface area contributed by atoms with Gasteiger partial charge in [0.25, 0.3) is 0 Å². The Balaban J connectivity index is 2.07. The zero-order valence-corrected chi connectivity index (χ0v) is 14.5. The molecular formula is C20H20O2S. The molecule has 0 heterocycles. The van der Waals surface area contributed by atoms with Crippen LogP contribution >= 0.6 is 12.0 Å². The fourth-order valence-corrected chi connectivity index (χ4v) is 4.07. The van der Waals surface area contributed by atoms with Crippen LogP contribution in [0.5, 0.6) is 5.75 Å². The number of methoxy groups -OCH3 is 1. The topological polar surface area (TPSA) is 29.5 Å². The molecule has 1 aliphatic rings. The summed E-state index contributed by atoms with van der Waals surface area (Å²) in [6, 6.07) is 10.7. The summed E-state index contributed by atoms with van der Waals surface area (Å²) in [4.78, 5) is 0. The van der Waals surface area contributed by atoms with Gasteiger partial charge in [0.05, 0.1) is 7.11 Å². The molecular weight excluding hydrogens is 304 g/mol. The number of fused-ring (bicyclic) bond motifs is 1. The summed E-state index contributed by atoms with van der Waals surface area (Å²) >= 11 is 0.781. The Hall–Kier alpha value is -1.89. The first-order chi connectivity index (χ1) is 11.0. The monoisotopic (exact) mass is 324 g/mol. The molecule has 0 saturated carbocycles. The van der Waals surface area contributed by atoms with Crippen LogP contribution in [0.25, 0.3) is 11.1 Å². The number of rotatable bonds is 3. The molecule has 2 aromatic rings. The molecule has 1 atom stereocenters. The summed E-state index contributed by atoms with van der Waals surface area (Å²) in [6.07, 6.45) is 7.35. The molecule has 0 radical (unpaired) electrons. The Morgan fingerprint density at radius 3 is 2.43 bits per heavy atom. The van der Waals surface area contributed by atoms with Crippen molar-refractivity contribution in [1.29, 1.82) is 0 Å². The molecule has 0 aliphatic heterocycles. The highest BCUT2D eigenvalue weighted by Gasteiger charge is 2.38. The minimum atomic E-state index is -0.584. The molecule has 0 aromatic heterocycles. The van der Waals surface area contributed by atoms with E-state index in [9.17, 15) is 4.55 Å². The number of ether oxygens (including phenoxy) is 1. The van der Waals surface area contributed by atoms with Gasteiger partial charge in [-0.2, -0.15) is 0 Å². The summed E-state index contributed by atoms with van der Waals surface area (Å²) in [6.45, 7) is 4.13. The molecule has 1 unspecified atom stereocenters. The van der Waals surface area contributed by atoms with E-state index >= 15 is 0 Å². The van der Waals surface area contributed by atoms with Crippen molar-refractivity contribution in [2.75, 3.05) is 7.11 Å². The van der Waals surface area contributed by atoms with Crippen LogP contribution in [0.3, 0.4) is 0 Å². The molecule has 0 amide bonds. The zero-order chi connectivity index (χ0) is 16.6. The molecule has 1 N–H and O–H groups in total. The van der Waals surface area contributed by atoms with Crippen LogP contribution in [-0.4, -0.2) is 11.7 Å². The van der Waals surface area contributed by atoms with Gasteiger partial charge in [-0.3, -0.25) is 0 Å². The number of hydrogen-bond acceptors (Lipinski definition) is 3. The maximum absolute atomic E-state index is 9.64. The summed E-state index contributed by atoms with van der Waals surface area (Å²) in [7, 11) is 1.70. The lowest BCUT2D eigenvalue weighted by Crippen LogP contribution is -2.14. The molecule has 3 heteroatoms. The van der Waals surface area contributed by atoms with Crippen molar-refractivity contribution in [2.24, 2.45) is 0 Å². The Kier molecular flexibility index (Phi) is 4.14. The van der Waals surface area contributed by atoms with Gasteiger partial charge in [-0.25, -0.2) is 0 Å². The van der Waals surface area contributed by atoms with E-state index in [1.807, 2.05) is 0 Å². The van der Waals surface area contributed by atoms with E-state index in [1.165, 1.54) is 16.7 Å². The minimum absolute atomic E-state index is 0.584. The number of hydrogen-bond donors (Lipinski definition) is 1. The van der Waals surface area contributed by atoms with Gasteiger partial charge in [-0.05, 0) is 72.2 Å². The number of aryl methyl sites for hydroxylation is 3. The van der Waals surface area contributed by atoms with Gasteiger partial charge >= 0.3 is 0 Å². The zero-order valence-electron chi connectivity index (χ0n) is 13.6. The van der Waals surface area contributed by atoms with Crippen molar-refractivity contribution >= 4 is 12.0 Å². The van der Waals surface area contributed by atoms with Gasteiger partial charge in [0.1, 0.15) is 10.5 Å². The van der Waals surface area contributed by atoms with Crippen molar-refractivity contribution in [2.45, 2.75) is 31.4 Å². The van der Waals surface area contributed by atoms with Crippen molar-refractivity contribution in [1.82, 2.24) is 0 Å². The minimum Gasteiger partial charge on any atom is -0.496 e. The van der Waals surface area contributed by atoms with Crippen molar-refractivity contribution in [3.63, 3.8) is 0 Å². The highest BCUT2D eigenvalue weighted by molar-refractivity contribution is 7.95. The fraction of sp³-hybridized carbons (Fsp3) is 0.300. The molecule has 2 aromatic carbocycles. The van der Waals surface area contributed by atoms with Gasteiger partial charge in [-0.15, -0.1) is 6.42 Å². The highest BCUT2D eigenvalue weighted by Crippen LogP contribution is 2.46. The van der Waals surface area contributed by atoms with Gasteiger partial charge < -0.3 is 9.29 Å². The lowest BCUT2D eigenvalue weighted by molar-refractivity contribution is 0.408. The molecule has 3 rings (SSSR count). The molecule has 0 saturated heterocycles. The van der Waals surface area contributed by atoms with Crippen LogP contribution in [0.4, 0.5) is 0 Å². The van der Waals surface area contributed by atoms with Crippen LogP contribution in [0, 0.1) is 26.2 Å². The van der Waals surface area contributed by atoms with E-state index in [0.29, 0.717) is 0 Å². The SMILES string of the molecule is C#CC1(SO)CCc2cc(-c3cc(C)c(OC)c(C)c3)ccc21. The maximum atomic E-state index is 9.64. The standard InChI is InChI=1S/C20H20O2S/c1-5-20(23-21)9-8-16-12-15(6-7-18(16)20)17-10-13(2)19(22-4)14(3)11-17/h1,6-7,10-12,21H,8-9H2,2-4H3. The average molecular weight is 324 g/mol. The normalized spacial score (nSPS) is 19.3. The first-order valence-electron chi connectivity index (χ1n) is 7.64. The second-order valence-corrected chi connectivity index (χ2v) is 6.96. The van der Waals surface area contributed by atoms with Crippen LogP contribution in [0.2, 0.25) is 0 Å². The third-order valence-corrected chi connectivity index (χ3v) is 5.53. The Bertz CT molecular complexity index is 781. The summed E-state index contributed by atoms with van der Waals surface area (Å²) < 4.78 is 14.5. The predicted octanol–water partition coefficient (Wildman–Crippen LogP) is 4.96. The van der Waals surface area contributed by atoms with Crippen molar-refractivity contribution < 1.29 is 9.29 Å². The lowest BCUT2D eigenvalue weighted by Gasteiger charge is -2.19. The first kappa shape index (κ1) is 16.0. The van der Waals surface area contributed by atoms with E-state index in [4.69, 9.17) is 11.2 Å². The molecule has 2 nitrogen and oxygen atoms in total. The van der Waals surface area contributed by atoms with Crippen LogP contribution < -0.4 is 4.74 Å². The summed E-state index contributed by atoms with van der Waals surface area (Å²) in [5.74, 6) is 3.71. The van der Waals surface area contributed by atoms with Crippen LogP contribution in [-0.2, 0) is 11.2 Å². The van der Waals surface area contributed by atoms with Crippen LogP contribution in [0.1, 0.15) is 28.7 Å². The van der Waals surface area contributed by atoms with Gasteiger partial charge in [0.2, 0.25) is 0 Å². The number of benzene rings is 2. The van der Waals surface area contributed by atoms with Crippen molar-refractivity contribution in [3.8, 4) is 29.2 Å². The lowest BCUT2D eigenvalue weighted by atomic mass is 9.95. The van der Waals surface area contributed by atoms with E-state index in [1.54, 1.807) is 7.11 Å². The van der Waals surface area contributed by atoms with Gasteiger partial charge in [-0.1, -0.05) is 24.1 Å². The molecule has 118 valence electrons. The summed E-state index contributed by atoms with van der Waals surface area (Å²) in [5.41, 5.74) is 6.91. The van der Waals surface area contributed by atoms with Crippen molar-refractivity contribution in [3.05, 3.63) is 52.6 Å². The maximum Gasteiger partial charge on any atom is 0.127 e. The average Bonchev–Trinajstić information content (AvgIpc) is 2.93. The first-order valence-corrected chi connectivity index (χ1v) is 8.41. The summed E-state index contributed by atoms with van der Waals surface area (Å²) in [5, 5.41) is 0.